The molecule has 1 saturated heterocycles. The van der Waals surface area contributed by atoms with Gasteiger partial charge in [-0.05, 0) is 32.3 Å². The van der Waals surface area contributed by atoms with Gasteiger partial charge in [-0.15, -0.1) is 0 Å². The summed E-state index contributed by atoms with van der Waals surface area (Å²) in [7, 11) is 0. The van der Waals surface area contributed by atoms with Crippen molar-refractivity contribution in [2.75, 3.05) is 26.2 Å². The first kappa shape index (κ1) is 15.5. The summed E-state index contributed by atoms with van der Waals surface area (Å²) < 4.78 is 6.06. The van der Waals surface area contributed by atoms with Crippen LogP contribution in [-0.2, 0) is 9.53 Å². The zero-order valence-corrected chi connectivity index (χ0v) is 13.6. The highest BCUT2D eigenvalue weighted by molar-refractivity contribution is 5.79. The quantitative estimate of drug-likeness (QED) is 0.837. The van der Waals surface area contributed by atoms with Crippen molar-refractivity contribution in [1.82, 2.24) is 9.80 Å². The number of amides is 1. The molecule has 1 heterocycles. The van der Waals surface area contributed by atoms with Gasteiger partial charge in [0.1, 0.15) is 0 Å². The molecule has 1 aliphatic carbocycles. The maximum absolute atomic E-state index is 12.5. The van der Waals surface area contributed by atoms with Crippen LogP contribution in [0.25, 0.3) is 0 Å². The van der Waals surface area contributed by atoms with Crippen LogP contribution in [-0.4, -0.2) is 54.0 Å². The molecule has 120 valence electrons. The summed E-state index contributed by atoms with van der Waals surface area (Å²) in [5.41, 5.74) is 1.20. The molecule has 0 bridgehead atoms. The lowest BCUT2D eigenvalue weighted by Gasteiger charge is -2.37. The Bertz CT molecular complexity index is 501. The van der Waals surface area contributed by atoms with E-state index in [0.29, 0.717) is 12.6 Å². The van der Waals surface area contributed by atoms with E-state index in [1.807, 2.05) is 23.1 Å². The summed E-state index contributed by atoms with van der Waals surface area (Å²) in [4.78, 5) is 16.8. The number of benzene rings is 1. The molecular weight excluding hydrogens is 276 g/mol. The van der Waals surface area contributed by atoms with Crippen LogP contribution in [0.1, 0.15) is 38.4 Å². The number of carbonyl (C=O) groups is 1. The van der Waals surface area contributed by atoms with E-state index < -0.39 is 0 Å². The Morgan fingerprint density at radius 1 is 1.27 bits per heavy atom. The van der Waals surface area contributed by atoms with Crippen molar-refractivity contribution in [3.05, 3.63) is 35.9 Å². The maximum Gasteiger partial charge on any atom is 0.236 e. The first-order valence-corrected chi connectivity index (χ1v) is 8.39. The second kappa shape index (κ2) is 6.80. The topological polar surface area (TPSA) is 32.8 Å². The van der Waals surface area contributed by atoms with E-state index in [9.17, 15) is 4.79 Å². The SMILES string of the molecule is CCN(C(=O)CN1C[C@@H](c2ccccc2)O[C@@H](C)C1)C1CC1. The minimum Gasteiger partial charge on any atom is -0.368 e. The molecule has 1 saturated carbocycles. The Labute approximate surface area is 133 Å². The first-order valence-electron chi connectivity index (χ1n) is 8.39. The van der Waals surface area contributed by atoms with Crippen LogP contribution in [0.4, 0.5) is 0 Å². The molecular formula is C18H26N2O2. The van der Waals surface area contributed by atoms with Crippen LogP contribution >= 0.6 is 0 Å². The molecule has 2 atom stereocenters. The monoisotopic (exact) mass is 302 g/mol. The molecule has 0 radical (unpaired) electrons. The van der Waals surface area contributed by atoms with Crippen molar-refractivity contribution in [3.8, 4) is 0 Å². The molecule has 1 aliphatic heterocycles. The number of carbonyl (C=O) groups excluding carboxylic acids is 1. The first-order chi connectivity index (χ1) is 10.7. The number of nitrogens with zero attached hydrogens (tertiary/aromatic N) is 2. The van der Waals surface area contributed by atoms with Gasteiger partial charge < -0.3 is 9.64 Å². The van der Waals surface area contributed by atoms with Crippen LogP contribution in [0.15, 0.2) is 30.3 Å². The second-order valence-corrected chi connectivity index (χ2v) is 6.45. The average molecular weight is 302 g/mol. The molecule has 0 N–H and O–H groups in total. The number of hydrogen-bond acceptors (Lipinski definition) is 3. The van der Waals surface area contributed by atoms with Gasteiger partial charge >= 0.3 is 0 Å². The van der Waals surface area contributed by atoms with Crippen LogP contribution in [0.5, 0.6) is 0 Å². The molecule has 2 aliphatic rings. The molecule has 3 rings (SSSR count). The molecule has 1 aromatic carbocycles. The largest absolute Gasteiger partial charge is 0.368 e. The van der Waals surface area contributed by atoms with E-state index in [2.05, 4.69) is 30.9 Å². The van der Waals surface area contributed by atoms with Gasteiger partial charge in [0.2, 0.25) is 5.91 Å². The van der Waals surface area contributed by atoms with Crippen molar-refractivity contribution < 1.29 is 9.53 Å². The third kappa shape index (κ3) is 3.68. The van der Waals surface area contributed by atoms with Crippen LogP contribution in [0.3, 0.4) is 0 Å². The van der Waals surface area contributed by atoms with Gasteiger partial charge in [0, 0.05) is 25.7 Å². The smallest absolute Gasteiger partial charge is 0.236 e. The molecule has 0 unspecified atom stereocenters. The van der Waals surface area contributed by atoms with Crippen LogP contribution in [0, 0.1) is 0 Å². The fourth-order valence-corrected chi connectivity index (χ4v) is 3.33. The number of ether oxygens (including phenoxy) is 1. The van der Waals surface area contributed by atoms with Gasteiger partial charge in [0.05, 0.1) is 18.8 Å². The Balaban J connectivity index is 1.62. The van der Waals surface area contributed by atoms with Gasteiger partial charge in [-0.2, -0.15) is 0 Å². The van der Waals surface area contributed by atoms with Gasteiger partial charge in [0.25, 0.3) is 0 Å². The van der Waals surface area contributed by atoms with Gasteiger partial charge in [-0.1, -0.05) is 30.3 Å². The van der Waals surface area contributed by atoms with E-state index in [0.717, 1.165) is 19.6 Å². The van der Waals surface area contributed by atoms with E-state index in [1.165, 1.54) is 18.4 Å². The summed E-state index contributed by atoms with van der Waals surface area (Å²) in [5, 5.41) is 0. The van der Waals surface area contributed by atoms with Crippen molar-refractivity contribution >= 4 is 5.91 Å². The average Bonchev–Trinajstić information content (AvgIpc) is 3.33. The Morgan fingerprint density at radius 2 is 2.00 bits per heavy atom. The molecule has 1 amide bonds. The fraction of sp³-hybridized carbons (Fsp3) is 0.611. The highest BCUT2D eigenvalue weighted by atomic mass is 16.5. The highest BCUT2D eigenvalue weighted by Gasteiger charge is 2.33. The third-order valence-electron chi connectivity index (χ3n) is 4.51. The van der Waals surface area contributed by atoms with E-state index >= 15 is 0 Å². The van der Waals surface area contributed by atoms with Gasteiger partial charge in [-0.25, -0.2) is 0 Å². The molecule has 4 nitrogen and oxygen atoms in total. The summed E-state index contributed by atoms with van der Waals surface area (Å²) in [6, 6.07) is 10.8. The van der Waals surface area contributed by atoms with E-state index in [-0.39, 0.29) is 18.1 Å². The minimum atomic E-state index is 0.0637. The zero-order chi connectivity index (χ0) is 15.5. The molecule has 1 aromatic rings. The van der Waals surface area contributed by atoms with Crippen LogP contribution < -0.4 is 0 Å². The lowest BCUT2D eigenvalue weighted by molar-refractivity contribution is -0.137. The molecule has 2 fully saturated rings. The molecule has 0 aromatic heterocycles. The van der Waals surface area contributed by atoms with Crippen molar-refractivity contribution in [2.24, 2.45) is 0 Å². The Morgan fingerprint density at radius 3 is 2.64 bits per heavy atom. The lowest BCUT2D eigenvalue weighted by atomic mass is 10.1. The highest BCUT2D eigenvalue weighted by Crippen LogP contribution is 2.28. The summed E-state index contributed by atoms with van der Waals surface area (Å²) >= 11 is 0. The standard InChI is InChI=1S/C18H26N2O2/c1-3-20(16-9-10-16)18(21)13-19-11-14(2)22-17(12-19)15-7-5-4-6-8-15/h4-8,14,16-17H,3,9-13H2,1-2H3/t14-,17-/m0/s1. The Hall–Kier alpha value is -1.39. The zero-order valence-electron chi connectivity index (χ0n) is 13.6. The second-order valence-electron chi connectivity index (χ2n) is 6.45. The number of rotatable bonds is 5. The number of hydrogen-bond donors (Lipinski definition) is 0. The molecule has 22 heavy (non-hydrogen) atoms. The third-order valence-corrected chi connectivity index (χ3v) is 4.51. The predicted molar refractivity (Wildman–Crippen MR) is 86.6 cm³/mol. The molecule has 0 spiro atoms. The lowest BCUT2D eigenvalue weighted by Crippen LogP contribution is -2.48. The van der Waals surface area contributed by atoms with Gasteiger partial charge in [-0.3, -0.25) is 9.69 Å². The van der Waals surface area contributed by atoms with Crippen LogP contribution in [0.2, 0.25) is 0 Å². The van der Waals surface area contributed by atoms with Crippen molar-refractivity contribution in [2.45, 2.75) is 44.9 Å². The van der Waals surface area contributed by atoms with Gasteiger partial charge in [0.15, 0.2) is 0 Å². The fourth-order valence-electron chi connectivity index (χ4n) is 3.33. The summed E-state index contributed by atoms with van der Waals surface area (Å²) in [6.45, 7) is 7.13. The van der Waals surface area contributed by atoms with Crippen molar-refractivity contribution in [1.29, 1.82) is 0 Å². The van der Waals surface area contributed by atoms with Crippen molar-refractivity contribution in [3.63, 3.8) is 0 Å². The Kier molecular flexibility index (Phi) is 4.79. The molecule has 4 heteroatoms. The maximum atomic E-state index is 12.5. The summed E-state index contributed by atoms with van der Waals surface area (Å²) in [5.74, 6) is 0.269. The minimum absolute atomic E-state index is 0.0637. The predicted octanol–water partition coefficient (Wildman–Crippen LogP) is 2.46. The summed E-state index contributed by atoms with van der Waals surface area (Å²) in [6.07, 6.45) is 2.56. The number of morpholine rings is 1. The van der Waals surface area contributed by atoms with E-state index in [4.69, 9.17) is 4.74 Å². The number of likely N-dealkylation sites (N-methyl/N-ethyl adjacent to an activating group) is 1. The normalized spacial score (nSPS) is 25.9. The van der Waals surface area contributed by atoms with E-state index in [1.54, 1.807) is 0 Å².